The second-order valence-electron chi connectivity index (χ2n) is 7.09. The molecule has 0 amide bonds. The van der Waals surface area contributed by atoms with Crippen LogP contribution in [0.1, 0.15) is 5.56 Å². The van der Waals surface area contributed by atoms with Gasteiger partial charge in [0, 0.05) is 46.0 Å². The smallest absolute Gasteiger partial charge is 0.368 e. The molecule has 0 atom stereocenters. The molecule has 1 aliphatic heterocycles. The third-order valence-electron chi connectivity index (χ3n) is 4.83. The Morgan fingerprint density at radius 3 is 2.30 bits per heavy atom. The highest BCUT2D eigenvalue weighted by Gasteiger charge is 2.31. The minimum atomic E-state index is -4.34. The summed E-state index contributed by atoms with van der Waals surface area (Å²) in [6.07, 6.45) is -4.34. The average Bonchev–Trinajstić information content (AvgIpc) is 3.24. The predicted octanol–water partition coefficient (Wildman–Crippen LogP) is 3.41. The van der Waals surface area contributed by atoms with Gasteiger partial charge in [-0.05, 0) is 41.9 Å². The summed E-state index contributed by atoms with van der Waals surface area (Å²) >= 11 is 1.27. The number of hydrogen-bond donors (Lipinski definition) is 0. The van der Waals surface area contributed by atoms with Gasteiger partial charge in [0.05, 0.1) is 5.56 Å². The van der Waals surface area contributed by atoms with Crippen molar-refractivity contribution in [3.8, 4) is 10.7 Å². The maximum atomic E-state index is 13.0. The van der Waals surface area contributed by atoms with Crippen LogP contribution in [0.3, 0.4) is 0 Å². The highest BCUT2D eigenvalue weighted by Crippen LogP contribution is 2.32. The van der Waals surface area contributed by atoms with Gasteiger partial charge >= 0.3 is 6.18 Å². The lowest BCUT2D eigenvalue weighted by atomic mass is 10.1. The van der Waals surface area contributed by atoms with Gasteiger partial charge < -0.3 is 14.7 Å². The maximum absolute atomic E-state index is 13.0. The largest absolute Gasteiger partial charge is 0.416 e. The van der Waals surface area contributed by atoms with Crippen LogP contribution in [0.4, 0.5) is 30.6 Å². The summed E-state index contributed by atoms with van der Waals surface area (Å²) < 4.78 is 43.2. The molecule has 0 spiro atoms. The van der Waals surface area contributed by atoms with Crippen molar-refractivity contribution >= 4 is 29.0 Å². The SMILES string of the molecule is CN(C)c1nsc(-c2ccc(N3CCN(c4cccc(C(F)(F)F)c4)CC3)nn2)n1. The van der Waals surface area contributed by atoms with Gasteiger partial charge in [-0.15, -0.1) is 10.2 Å². The molecule has 0 aliphatic carbocycles. The highest BCUT2D eigenvalue weighted by atomic mass is 32.1. The van der Waals surface area contributed by atoms with E-state index in [1.165, 1.54) is 23.7 Å². The minimum absolute atomic E-state index is 0.582. The molecule has 0 N–H and O–H groups in total. The van der Waals surface area contributed by atoms with E-state index < -0.39 is 11.7 Å². The first-order chi connectivity index (χ1) is 14.3. The Balaban J connectivity index is 1.40. The molecular weight excluding hydrogens is 415 g/mol. The number of hydrogen-bond acceptors (Lipinski definition) is 8. The van der Waals surface area contributed by atoms with Crippen LogP contribution < -0.4 is 14.7 Å². The first-order valence-corrected chi connectivity index (χ1v) is 10.1. The van der Waals surface area contributed by atoms with Gasteiger partial charge in [0.25, 0.3) is 0 Å². The highest BCUT2D eigenvalue weighted by molar-refractivity contribution is 7.09. The Bertz CT molecular complexity index is 996. The molecule has 1 aliphatic rings. The molecule has 7 nitrogen and oxygen atoms in total. The normalized spacial score (nSPS) is 14.8. The third-order valence-corrected chi connectivity index (χ3v) is 5.56. The van der Waals surface area contributed by atoms with E-state index in [1.807, 2.05) is 36.0 Å². The van der Waals surface area contributed by atoms with Crippen LogP contribution in [0.25, 0.3) is 10.7 Å². The third kappa shape index (κ3) is 4.30. The Morgan fingerprint density at radius 2 is 1.70 bits per heavy atom. The van der Waals surface area contributed by atoms with E-state index in [2.05, 4.69) is 24.5 Å². The van der Waals surface area contributed by atoms with Gasteiger partial charge in [0.2, 0.25) is 5.95 Å². The monoisotopic (exact) mass is 435 g/mol. The lowest BCUT2D eigenvalue weighted by molar-refractivity contribution is -0.137. The summed E-state index contributed by atoms with van der Waals surface area (Å²) in [5.41, 5.74) is 0.615. The lowest BCUT2D eigenvalue weighted by Crippen LogP contribution is -2.47. The number of benzene rings is 1. The fourth-order valence-corrected chi connectivity index (χ4v) is 3.88. The minimum Gasteiger partial charge on any atom is -0.368 e. The fraction of sp³-hybridized carbons (Fsp3) is 0.368. The average molecular weight is 435 g/mol. The van der Waals surface area contributed by atoms with Crippen LogP contribution in [-0.2, 0) is 6.18 Å². The van der Waals surface area contributed by atoms with Crippen molar-refractivity contribution < 1.29 is 13.2 Å². The van der Waals surface area contributed by atoms with Gasteiger partial charge in [0.1, 0.15) is 5.69 Å². The number of anilines is 3. The number of halogens is 3. The van der Waals surface area contributed by atoms with Gasteiger partial charge in [-0.3, -0.25) is 0 Å². The first-order valence-electron chi connectivity index (χ1n) is 9.33. The molecule has 1 aromatic carbocycles. The summed E-state index contributed by atoms with van der Waals surface area (Å²) in [5.74, 6) is 1.37. The summed E-state index contributed by atoms with van der Waals surface area (Å²) in [7, 11) is 3.75. The van der Waals surface area contributed by atoms with E-state index in [1.54, 1.807) is 6.07 Å². The van der Waals surface area contributed by atoms with Crippen molar-refractivity contribution in [2.24, 2.45) is 0 Å². The van der Waals surface area contributed by atoms with Crippen LogP contribution in [0.5, 0.6) is 0 Å². The summed E-state index contributed by atoms with van der Waals surface area (Å²) in [4.78, 5) is 10.3. The van der Waals surface area contributed by atoms with Crippen molar-refractivity contribution in [1.29, 1.82) is 0 Å². The molecule has 158 valence electrons. The number of piperazine rings is 1. The molecule has 30 heavy (non-hydrogen) atoms. The van der Waals surface area contributed by atoms with E-state index in [9.17, 15) is 13.2 Å². The molecule has 3 aromatic rings. The number of nitrogens with zero attached hydrogens (tertiary/aromatic N) is 7. The molecule has 1 fully saturated rings. The fourth-order valence-electron chi connectivity index (χ4n) is 3.18. The van der Waals surface area contributed by atoms with Crippen LogP contribution >= 0.6 is 11.5 Å². The molecule has 4 rings (SSSR count). The van der Waals surface area contributed by atoms with Gasteiger partial charge in [-0.2, -0.15) is 22.5 Å². The Morgan fingerprint density at radius 1 is 0.967 bits per heavy atom. The second-order valence-corrected chi connectivity index (χ2v) is 7.84. The standard InChI is InChI=1S/C19H20F3N7S/c1-27(2)18-23-17(30-26-18)15-6-7-16(25-24-15)29-10-8-28(9-11-29)14-5-3-4-13(12-14)19(20,21)22/h3-7,12H,8-11H2,1-2H3. The van der Waals surface area contributed by atoms with Crippen molar-refractivity contribution in [2.75, 3.05) is 55.0 Å². The molecule has 0 unspecified atom stereocenters. The van der Waals surface area contributed by atoms with Gasteiger partial charge in [0.15, 0.2) is 10.8 Å². The van der Waals surface area contributed by atoms with Crippen LogP contribution in [0.2, 0.25) is 0 Å². The van der Waals surface area contributed by atoms with E-state index in [4.69, 9.17) is 0 Å². The molecule has 0 saturated carbocycles. The van der Waals surface area contributed by atoms with Crippen LogP contribution in [0.15, 0.2) is 36.4 Å². The summed E-state index contributed by atoms with van der Waals surface area (Å²) in [5, 5.41) is 9.28. The van der Waals surface area contributed by atoms with Crippen LogP contribution in [0, 0.1) is 0 Å². The number of alkyl halides is 3. The summed E-state index contributed by atoms with van der Waals surface area (Å²) in [6.45, 7) is 2.50. The second kappa shape index (κ2) is 8.05. The zero-order chi connectivity index (χ0) is 21.3. The van der Waals surface area contributed by atoms with Crippen molar-refractivity contribution in [1.82, 2.24) is 19.6 Å². The van der Waals surface area contributed by atoms with Crippen LogP contribution in [-0.4, -0.2) is 59.8 Å². The van der Waals surface area contributed by atoms with E-state index in [0.29, 0.717) is 48.5 Å². The molecular formula is C19H20F3N7S. The zero-order valence-electron chi connectivity index (χ0n) is 16.5. The van der Waals surface area contributed by atoms with Crippen molar-refractivity contribution in [2.45, 2.75) is 6.18 Å². The first kappa shape index (κ1) is 20.3. The van der Waals surface area contributed by atoms with Crippen molar-refractivity contribution in [3.05, 3.63) is 42.0 Å². The maximum Gasteiger partial charge on any atom is 0.416 e. The topological polar surface area (TPSA) is 61.3 Å². The molecule has 0 bridgehead atoms. The molecule has 3 heterocycles. The molecule has 11 heteroatoms. The van der Waals surface area contributed by atoms with Crippen molar-refractivity contribution in [3.63, 3.8) is 0 Å². The van der Waals surface area contributed by atoms with E-state index in [0.717, 1.165) is 11.9 Å². The number of aromatic nitrogens is 4. The molecule has 1 saturated heterocycles. The molecule has 2 aromatic heterocycles. The van der Waals surface area contributed by atoms with Gasteiger partial charge in [-0.25, -0.2) is 0 Å². The van der Waals surface area contributed by atoms with E-state index >= 15 is 0 Å². The Hall–Kier alpha value is -2.95. The quantitative estimate of drug-likeness (QED) is 0.622. The number of rotatable bonds is 4. The Labute approximate surface area is 175 Å². The summed E-state index contributed by atoms with van der Waals surface area (Å²) in [6, 6.07) is 9.21. The van der Waals surface area contributed by atoms with E-state index in [-0.39, 0.29) is 0 Å². The van der Waals surface area contributed by atoms with Gasteiger partial charge in [-0.1, -0.05) is 6.07 Å². The lowest BCUT2D eigenvalue weighted by Gasteiger charge is -2.36. The predicted molar refractivity (Wildman–Crippen MR) is 111 cm³/mol. The zero-order valence-corrected chi connectivity index (χ0v) is 17.3. The Kier molecular flexibility index (Phi) is 5.46. The molecule has 0 radical (unpaired) electrons.